The van der Waals surface area contributed by atoms with Crippen LogP contribution in [0.3, 0.4) is 0 Å². The van der Waals surface area contributed by atoms with Crippen molar-refractivity contribution in [1.29, 1.82) is 0 Å². The van der Waals surface area contributed by atoms with Crippen molar-refractivity contribution in [3.63, 3.8) is 0 Å². The van der Waals surface area contributed by atoms with Gasteiger partial charge in [-0.3, -0.25) is 4.90 Å². The van der Waals surface area contributed by atoms with Crippen molar-refractivity contribution in [3.05, 3.63) is 24.3 Å². The van der Waals surface area contributed by atoms with Gasteiger partial charge in [0.15, 0.2) is 0 Å². The fourth-order valence-corrected chi connectivity index (χ4v) is 3.87. The highest BCUT2D eigenvalue weighted by atomic mass is 15.2. The molecule has 1 aliphatic heterocycles. The van der Waals surface area contributed by atoms with Gasteiger partial charge in [0, 0.05) is 19.3 Å². The lowest BCUT2D eigenvalue weighted by molar-refractivity contribution is 0.0573. The minimum absolute atomic E-state index is 0.269. The molecule has 0 amide bonds. The van der Waals surface area contributed by atoms with E-state index in [1.165, 1.54) is 45.2 Å². The maximum Gasteiger partial charge on any atom is 0.115 e. The number of hydrogen-bond donors (Lipinski definition) is 1. The van der Waals surface area contributed by atoms with E-state index < -0.39 is 0 Å². The van der Waals surface area contributed by atoms with E-state index in [-0.39, 0.29) is 6.04 Å². The van der Waals surface area contributed by atoms with Crippen LogP contribution >= 0.6 is 0 Å². The topological polar surface area (TPSA) is 55.0 Å². The number of aromatic nitrogens is 2. The minimum atomic E-state index is 0.269. The molecule has 0 aromatic carbocycles. The zero-order valence-electron chi connectivity index (χ0n) is 11.5. The Balaban J connectivity index is 1.70. The highest BCUT2D eigenvalue weighted by Gasteiger charge is 2.34. The van der Waals surface area contributed by atoms with Crippen molar-refractivity contribution in [2.24, 2.45) is 17.6 Å². The first-order valence-electron chi connectivity index (χ1n) is 7.58. The van der Waals surface area contributed by atoms with Crippen LogP contribution in [-0.2, 0) is 0 Å². The monoisotopic (exact) mass is 260 g/mol. The van der Waals surface area contributed by atoms with Crippen molar-refractivity contribution in [3.8, 4) is 0 Å². The molecule has 0 bridgehead atoms. The molecule has 104 valence electrons. The van der Waals surface area contributed by atoms with Gasteiger partial charge in [-0.05, 0) is 37.3 Å². The molecule has 19 heavy (non-hydrogen) atoms. The number of piperidine rings is 1. The van der Waals surface area contributed by atoms with Gasteiger partial charge in [0.25, 0.3) is 0 Å². The maximum absolute atomic E-state index is 6.00. The first kappa shape index (κ1) is 13.0. The van der Waals surface area contributed by atoms with Gasteiger partial charge in [-0.15, -0.1) is 0 Å². The van der Waals surface area contributed by atoms with Crippen LogP contribution in [0.15, 0.2) is 18.6 Å². The lowest BCUT2D eigenvalue weighted by atomic mass is 9.75. The molecule has 4 heteroatoms. The number of rotatable bonds is 3. The Hall–Kier alpha value is -1.00. The van der Waals surface area contributed by atoms with Crippen molar-refractivity contribution >= 4 is 0 Å². The van der Waals surface area contributed by atoms with Crippen molar-refractivity contribution < 1.29 is 0 Å². The summed E-state index contributed by atoms with van der Waals surface area (Å²) in [5.41, 5.74) is 7.08. The Bertz CT molecular complexity index is 394. The SMILES string of the molecule is NCC(c1ccncn1)N1CCC2CCCCC2C1. The number of hydrogen-bond acceptors (Lipinski definition) is 4. The second-order valence-electron chi connectivity index (χ2n) is 5.97. The summed E-state index contributed by atoms with van der Waals surface area (Å²) in [5, 5.41) is 0. The van der Waals surface area contributed by atoms with Gasteiger partial charge in [0.2, 0.25) is 0 Å². The van der Waals surface area contributed by atoms with E-state index in [1.54, 1.807) is 6.33 Å². The third-order valence-electron chi connectivity index (χ3n) is 4.93. The van der Waals surface area contributed by atoms with E-state index in [0.717, 1.165) is 17.5 Å². The number of fused-ring (bicyclic) bond motifs is 1. The molecule has 2 aliphatic rings. The molecule has 2 N–H and O–H groups in total. The summed E-state index contributed by atoms with van der Waals surface area (Å²) < 4.78 is 0. The standard InChI is InChI=1S/C15H24N4/c16-9-15(14-5-7-17-11-18-14)19-8-6-12-3-1-2-4-13(12)10-19/h5,7,11-13,15H,1-4,6,8-10,16H2. The van der Waals surface area contributed by atoms with E-state index in [4.69, 9.17) is 5.73 Å². The highest BCUT2D eigenvalue weighted by molar-refractivity contribution is 5.06. The molecule has 0 spiro atoms. The minimum Gasteiger partial charge on any atom is -0.329 e. The first-order chi connectivity index (χ1) is 9.38. The van der Waals surface area contributed by atoms with Gasteiger partial charge >= 0.3 is 0 Å². The predicted molar refractivity (Wildman–Crippen MR) is 75.5 cm³/mol. The first-order valence-corrected chi connectivity index (χ1v) is 7.58. The molecule has 1 saturated carbocycles. The molecule has 3 rings (SSSR count). The van der Waals surface area contributed by atoms with Crippen LogP contribution in [0.5, 0.6) is 0 Å². The van der Waals surface area contributed by atoms with E-state index in [2.05, 4.69) is 14.9 Å². The summed E-state index contributed by atoms with van der Waals surface area (Å²) in [4.78, 5) is 10.9. The zero-order valence-corrected chi connectivity index (χ0v) is 11.5. The van der Waals surface area contributed by atoms with E-state index in [0.29, 0.717) is 6.54 Å². The number of likely N-dealkylation sites (tertiary alicyclic amines) is 1. The second kappa shape index (κ2) is 5.97. The maximum atomic E-state index is 6.00. The Morgan fingerprint density at radius 2 is 2.11 bits per heavy atom. The third kappa shape index (κ3) is 2.79. The fourth-order valence-electron chi connectivity index (χ4n) is 3.87. The van der Waals surface area contributed by atoms with Gasteiger partial charge in [0.05, 0.1) is 11.7 Å². The van der Waals surface area contributed by atoms with Crippen LogP contribution in [-0.4, -0.2) is 34.5 Å². The summed E-state index contributed by atoms with van der Waals surface area (Å²) in [7, 11) is 0. The summed E-state index contributed by atoms with van der Waals surface area (Å²) in [6.45, 7) is 3.03. The number of nitrogens with two attached hydrogens (primary N) is 1. The average Bonchev–Trinajstić information content (AvgIpc) is 2.49. The molecule has 2 fully saturated rings. The molecule has 3 unspecified atom stereocenters. The van der Waals surface area contributed by atoms with Gasteiger partial charge in [-0.1, -0.05) is 19.3 Å². The van der Waals surface area contributed by atoms with Gasteiger partial charge < -0.3 is 5.73 Å². The molecule has 3 atom stereocenters. The van der Waals surface area contributed by atoms with Gasteiger partial charge in [-0.2, -0.15) is 0 Å². The molecule has 4 nitrogen and oxygen atoms in total. The van der Waals surface area contributed by atoms with Crippen molar-refractivity contribution in [1.82, 2.24) is 14.9 Å². The highest BCUT2D eigenvalue weighted by Crippen LogP contribution is 2.38. The van der Waals surface area contributed by atoms with E-state index >= 15 is 0 Å². The van der Waals surface area contributed by atoms with Crippen LogP contribution in [0.1, 0.15) is 43.8 Å². The Labute approximate surface area is 115 Å². The van der Waals surface area contributed by atoms with E-state index in [1.807, 2.05) is 12.3 Å². The summed E-state index contributed by atoms with van der Waals surface area (Å²) in [6.07, 6.45) is 10.5. The fraction of sp³-hybridized carbons (Fsp3) is 0.733. The van der Waals surface area contributed by atoms with Crippen molar-refractivity contribution in [2.45, 2.75) is 38.1 Å². The van der Waals surface area contributed by atoms with Crippen LogP contribution in [0, 0.1) is 11.8 Å². The quantitative estimate of drug-likeness (QED) is 0.903. The Morgan fingerprint density at radius 1 is 1.26 bits per heavy atom. The molecule has 0 radical (unpaired) electrons. The summed E-state index contributed by atoms with van der Waals surface area (Å²) in [6, 6.07) is 2.27. The normalized spacial score (nSPS) is 29.7. The molecule has 1 aromatic rings. The molecular weight excluding hydrogens is 236 g/mol. The van der Waals surface area contributed by atoms with Gasteiger partial charge in [0.1, 0.15) is 6.33 Å². The molecular formula is C15H24N4. The predicted octanol–water partition coefficient (Wildman–Crippen LogP) is 1.99. The lowest BCUT2D eigenvalue weighted by Gasteiger charge is -2.44. The Morgan fingerprint density at radius 3 is 2.84 bits per heavy atom. The van der Waals surface area contributed by atoms with Crippen LogP contribution < -0.4 is 5.73 Å². The smallest absolute Gasteiger partial charge is 0.115 e. The zero-order chi connectivity index (χ0) is 13.1. The summed E-state index contributed by atoms with van der Waals surface area (Å²) >= 11 is 0. The molecule has 1 aliphatic carbocycles. The van der Waals surface area contributed by atoms with Crippen molar-refractivity contribution in [2.75, 3.05) is 19.6 Å². The molecule has 1 aromatic heterocycles. The Kier molecular flexibility index (Phi) is 4.09. The summed E-state index contributed by atoms with van der Waals surface area (Å²) in [5.74, 6) is 1.85. The average molecular weight is 260 g/mol. The molecule has 1 saturated heterocycles. The van der Waals surface area contributed by atoms with Crippen LogP contribution in [0.4, 0.5) is 0 Å². The molecule has 2 heterocycles. The van der Waals surface area contributed by atoms with E-state index in [9.17, 15) is 0 Å². The van der Waals surface area contributed by atoms with Crippen LogP contribution in [0.25, 0.3) is 0 Å². The number of nitrogens with zero attached hydrogens (tertiary/aromatic N) is 3. The largest absolute Gasteiger partial charge is 0.329 e. The third-order valence-corrected chi connectivity index (χ3v) is 4.93. The van der Waals surface area contributed by atoms with Crippen LogP contribution in [0.2, 0.25) is 0 Å². The van der Waals surface area contributed by atoms with Gasteiger partial charge in [-0.25, -0.2) is 9.97 Å². The lowest BCUT2D eigenvalue weighted by Crippen LogP contribution is -2.45. The second-order valence-corrected chi connectivity index (χ2v) is 5.97.